The summed E-state index contributed by atoms with van der Waals surface area (Å²) in [6.07, 6.45) is 0.302. The fourth-order valence-electron chi connectivity index (χ4n) is 2.42. The molecule has 1 atom stereocenters. The van der Waals surface area contributed by atoms with Crippen LogP contribution in [0.3, 0.4) is 0 Å². The van der Waals surface area contributed by atoms with Gasteiger partial charge in [0, 0.05) is 5.02 Å². The Balaban J connectivity index is 1.63. The average molecular weight is 467 g/mol. The summed E-state index contributed by atoms with van der Waals surface area (Å²) in [5.74, 6) is -1.54. The van der Waals surface area contributed by atoms with Gasteiger partial charge in [0.05, 0.1) is 22.0 Å². The molecule has 2 N–H and O–H groups in total. The number of benzene rings is 1. The number of carbonyl (C=O) groups excluding carboxylic acids is 3. The Morgan fingerprint density at radius 2 is 1.90 bits per heavy atom. The Hall–Kier alpha value is -2.81. The highest BCUT2D eigenvalue weighted by atomic mass is 35.5. The first kappa shape index (κ1) is 21.9. The van der Waals surface area contributed by atoms with Gasteiger partial charge in [0.25, 0.3) is 11.8 Å². The van der Waals surface area contributed by atoms with Crippen LogP contribution < -0.4 is 10.6 Å². The highest BCUT2D eigenvalue weighted by molar-refractivity contribution is 7.18. The van der Waals surface area contributed by atoms with E-state index in [1.54, 1.807) is 31.2 Å². The minimum Gasteiger partial charge on any atom is -0.459 e. The fraction of sp³-hybridized carbons (Fsp3) is 0.150. The number of hydrogen-bond donors (Lipinski definition) is 2. The molecule has 2 amide bonds. The number of esters is 1. The Bertz CT molecular complexity index is 1090. The van der Waals surface area contributed by atoms with Crippen molar-refractivity contribution in [3.63, 3.8) is 0 Å². The molecule has 156 valence electrons. The molecule has 7 nitrogen and oxygen atoms in total. The zero-order valence-corrected chi connectivity index (χ0v) is 18.2. The highest BCUT2D eigenvalue weighted by Crippen LogP contribution is 2.29. The molecule has 2 aromatic heterocycles. The van der Waals surface area contributed by atoms with Gasteiger partial charge in [0.2, 0.25) is 0 Å². The summed E-state index contributed by atoms with van der Waals surface area (Å²) in [6, 6.07) is 9.39. The smallest absolute Gasteiger partial charge is 0.349 e. The van der Waals surface area contributed by atoms with Gasteiger partial charge >= 0.3 is 5.97 Å². The van der Waals surface area contributed by atoms with Crippen molar-refractivity contribution in [2.75, 3.05) is 10.6 Å². The molecule has 0 aliphatic heterocycles. The number of amides is 2. The van der Waals surface area contributed by atoms with E-state index in [1.165, 1.54) is 25.3 Å². The second-order valence-electron chi connectivity index (χ2n) is 6.22. The number of halogens is 2. The van der Waals surface area contributed by atoms with Crippen LogP contribution >= 0.6 is 34.5 Å². The van der Waals surface area contributed by atoms with Crippen LogP contribution in [-0.2, 0) is 9.53 Å². The van der Waals surface area contributed by atoms with Crippen LogP contribution in [0.4, 0.5) is 10.7 Å². The second-order valence-corrected chi connectivity index (χ2v) is 8.11. The van der Waals surface area contributed by atoms with Gasteiger partial charge in [-0.25, -0.2) is 4.79 Å². The van der Waals surface area contributed by atoms with Gasteiger partial charge in [-0.1, -0.05) is 23.2 Å². The van der Waals surface area contributed by atoms with Gasteiger partial charge in [-0.05, 0) is 55.8 Å². The van der Waals surface area contributed by atoms with E-state index in [0.29, 0.717) is 26.3 Å². The number of rotatable bonds is 6. The number of aryl methyl sites for hydroxylation is 1. The molecule has 2 heterocycles. The van der Waals surface area contributed by atoms with E-state index in [4.69, 9.17) is 32.4 Å². The number of nitrogens with one attached hydrogen (secondary N) is 2. The van der Waals surface area contributed by atoms with Gasteiger partial charge in [0.1, 0.15) is 4.88 Å². The summed E-state index contributed by atoms with van der Waals surface area (Å²) in [5, 5.41) is 6.38. The topological polar surface area (TPSA) is 97.6 Å². The number of thiophene rings is 1. The largest absolute Gasteiger partial charge is 0.459 e. The van der Waals surface area contributed by atoms with Crippen LogP contribution in [0.15, 0.2) is 47.1 Å². The molecular weight excluding hydrogens is 451 g/mol. The van der Waals surface area contributed by atoms with E-state index in [0.717, 1.165) is 11.3 Å². The quantitative estimate of drug-likeness (QED) is 0.474. The molecule has 0 fully saturated rings. The number of ether oxygens (including phenoxy) is 1. The summed E-state index contributed by atoms with van der Waals surface area (Å²) in [5.41, 5.74) is 0.914. The average Bonchev–Trinajstić information content (AvgIpc) is 3.34. The molecule has 1 aromatic carbocycles. The van der Waals surface area contributed by atoms with Crippen molar-refractivity contribution in [1.29, 1.82) is 0 Å². The standard InChI is InChI=1S/C20H16Cl2N2O5S/c1-10-8-16(24-19(26)15-4-3-7-28-15)30-17(10)20(27)29-11(2)18(25)23-14-9-12(21)5-6-13(14)22/h3-9,11H,1-2H3,(H,23,25)(H,24,26). The fourth-order valence-corrected chi connectivity index (χ4v) is 3.71. The monoisotopic (exact) mass is 466 g/mol. The molecule has 1 unspecified atom stereocenters. The molecule has 0 saturated heterocycles. The predicted molar refractivity (Wildman–Crippen MR) is 116 cm³/mol. The summed E-state index contributed by atoms with van der Waals surface area (Å²) >= 11 is 13.0. The first-order valence-electron chi connectivity index (χ1n) is 8.66. The summed E-state index contributed by atoms with van der Waals surface area (Å²) < 4.78 is 10.3. The lowest BCUT2D eigenvalue weighted by molar-refractivity contribution is -0.123. The first-order chi connectivity index (χ1) is 14.2. The second kappa shape index (κ2) is 9.34. The normalized spacial score (nSPS) is 11.6. The van der Waals surface area contributed by atoms with Crippen molar-refractivity contribution in [1.82, 2.24) is 0 Å². The maximum Gasteiger partial charge on any atom is 0.349 e. The summed E-state index contributed by atoms with van der Waals surface area (Å²) in [7, 11) is 0. The van der Waals surface area contributed by atoms with Crippen LogP contribution in [-0.4, -0.2) is 23.9 Å². The van der Waals surface area contributed by atoms with E-state index < -0.39 is 23.9 Å². The Morgan fingerprint density at radius 3 is 2.60 bits per heavy atom. The zero-order valence-electron chi connectivity index (χ0n) is 15.8. The lowest BCUT2D eigenvalue weighted by Gasteiger charge is -2.14. The van der Waals surface area contributed by atoms with Crippen LogP contribution in [0.2, 0.25) is 10.0 Å². The zero-order chi connectivity index (χ0) is 21.8. The van der Waals surface area contributed by atoms with Gasteiger partial charge in [-0.2, -0.15) is 0 Å². The predicted octanol–water partition coefficient (Wildman–Crippen LogP) is 5.39. The molecule has 0 spiro atoms. The maximum atomic E-state index is 12.5. The number of hydrogen-bond acceptors (Lipinski definition) is 6. The van der Waals surface area contributed by atoms with Crippen molar-refractivity contribution >= 4 is 63.0 Å². The SMILES string of the molecule is Cc1cc(NC(=O)c2ccco2)sc1C(=O)OC(C)C(=O)Nc1cc(Cl)ccc1Cl. The van der Waals surface area contributed by atoms with E-state index >= 15 is 0 Å². The molecular formula is C20H16Cl2N2O5S. The van der Waals surface area contributed by atoms with Gasteiger partial charge < -0.3 is 19.8 Å². The van der Waals surface area contributed by atoms with E-state index in [1.807, 2.05) is 0 Å². The molecule has 30 heavy (non-hydrogen) atoms. The van der Waals surface area contributed by atoms with Crippen molar-refractivity contribution < 1.29 is 23.5 Å². The molecule has 0 aliphatic carbocycles. The maximum absolute atomic E-state index is 12.5. The van der Waals surface area contributed by atoms with Crippen LogP contribution in [0.5, 0.6) is 0 Å². The van der Waals surface area contributed by atoms with Crippen LogP contribution in [0, 0.1) is 6.92 Å². The van der Waals surface area contributed by atoms with Gasteiger partial charge in [0.15, 0.2) is 11.9 Å². The van der Waals surface area contributed by atoms with Crippen LogP contribution in [0.1, 0.15) is 32.7 Å². The van der Waals surface area contributed by atoms with Gasteiger partial charge in [-0.3, -0.25) is 9.59 Å². The summed E-state index contributed by atoms with van der Waals surface area (Å²) in [6.45, 7) is 3.14. The van der Waals surface area contributed by atoms with Crippen LogP contribution in [0.25, 0.3) is 0 Å². The molecule has 0 radical (unpaired) electrons. The molecule has 0 saturated carbocycles. The first-order valence-corrected chi connectivity index (χ1v) is 10.2. The lowest BCUT2D eigenvalue weighted by atomic mass is 10.2. The van der Waals surface area contributed by atoms with Crippen molar-refractivity contribution in [3.8, 4) is 0 Å². The minimum absolute atomic E-state index is 0.148. The third-order valence-corrected chi connectivity index (χ3v) is 5.62. The third-order valence-electron chi connectivity index (χ3n) is 3.92. The molecule has 10 heteroatoms. The van der Waals surface area contributed by atoms with Crippen molar-refractivity contribution in [2.45, 2.75) is 20.0 Å². The number of furan rings is 1. The van der Waals surface area contributed by atoms with E-state index in [-0.39, 0.29) is 10.6 Å². The van der Waals surface area contributed by atoms with E-state index in [2.05, 4.69) is 10.6 Å². The highest BCUT2D eigenvalue weighted by Gasteiger charge is 2.23. The van der Waals surface area contributed by atoms with E-state index in [9.17, 15) is 14.4 Å². The number of carbonyl (C=O) groups is 3. The molecule has 0 aliphatic rings. The van der Waals surface area contributed by atoms with Gasteiger partial charge in [-0.15, -0.1) is 11.3 Å². The Kier molecular flexibility index (Phi) is 6.81. The Labute approximate surface area is 185 Å². The molecule has 3 aromatic rings. The minimum atomic E-state index is -1.09. The number of anilines is 2. The third kappa shape index (κ3) is 5.21. The van der Waals surface area contributed by atoms with Crippen molar-refractivity contribution in [3.05, 3.63) is 68.9 Å². The molecule has 0 bridgehead atoms. The van der Waals surface area contributed by atoms with Crippen molar-refractivity contribution in [2.24, 2.45) is 0 Å². The summed E-state index contributed by atoms with van der Waals surface area (Å²) in [4.78, 5) is 37.2. The molecule has 3 rings (SSSR count). The lowest BCUT2D eigenvalue weighted by Crippen LogP contribution is -2.30. The Morgan fingerprint density at radius 1 is 1.13 bits per heavy atom.